The number of carboxylic acid groups (broad SMARTS) is 1. The quantitative estimate of drug-likeness (QED) is 0.0840. The Labute approximate surface area is 277 Å². The molecular formula is C31H61N5O9S. The molecule has 0 unspecified atom stereocenters. The van der Waals surface area contributed by atoms with E-state index in [1.807, 2.05) is 0 Å². The highest BCUT2D eigenvalue weighted by molar-refractivity contribution is 7.80. The molecule has 2 N–H and O–H groups in total. The van der Waals surface area contributed by atoms with Crippen LogP contribution in [0.3, 0.4) is 0 Å². The molecule has 0 spiro atoms. The van der Waals surface area contributed by atoms with Gasteiger partial charge in [0.25, 0.3) is 5.91 Å². The van der Waals surface area contributed by atoms with Crippen molar-refractivity contribution in [2.75, 3.05) is 45.9 Å². The Balaban J connectivity index is 0.000000533. The van der Waals surface area contributed by atoms with Gasteiger partial charge in [0.2, 0.25) is 0 Å². The standard InChI is InChI=1S/C16H36N.C15H26N4O9S/c1-5-9-13-17(14-10-6-2,15-11-7-3)16-12-8-4;1-15(2,3)18(14(22)23)7-4-8-27-16-12(20)11-6-5-10-9-17(11)13(21)19(10)28-29(24,25)26/h5-16H2,1-4H3;10-11H,4-9H2,1-3H3,(H,16,20)(H,22,23)(H,24,25,26)/q+1;/p-1/t;10-,11+/m.1/s1. The molecule has 2 bridgehead atoms. The lowest BCUT2D eigenvalue weighted by atomic mass is 10.0. The topological polar surface area (TPSA) is 169 Å². The van der Waals surface area contributed by atoms with E-state index in [0.717, 1.165) is 9.80 Å². The highest BCUT2D eigenvalue weighted by Crippen LogP contribution is 2.30. The minimum atomic E-state index is -4.86. The Morgan fingerprint density at radius 1 is 0.957 bits per heavy atom. The minimum Gasteiger partial charge on any atom is -0.530 e. The summed E-state index contributed by atoms with van der Waals surface area (Å²) in [4.78, 5) is 43.1. The molecule has 2 aliphatic rings. The van der Waals surface area contributed by atoms with Crippen LogP contribution in [-0.4, -0.2) is 114 Å². The maximum absolute atomic E-state index is 12.3. The van der Waals surface area contributed by atoms with E-state index in [4.69, 9.17) is 9.39 Å². The average molecular weight is 680 g/mol. The molecule has 0 saturated carbocycles. The Kier molecular flexibility index (Phi) is 18.4. The number of nitrogens with one attached hydrogen (secondary N) is 1. The average Bonchev–Trinajstić information content (AvgIpc) is 3.20. The van der Waals surface area contributed by atoms with Crippen LogP contribution in [0.4, 0.5) is 9.59 Å². The molecule has 14 nitrogen and oxygen atoms in total. The third-order valence-electron chi connectivity index (χ3n) is 8.58. The number of carbonyl (C=O) groups excluding carboxylic acids is 3. The Morgan fingerprint density at radius 3 is 1.87 bits per heavy atom. The fourth-order valence-corrected chi connectivity index (χ4v) is 6.32. The monoisotopic (exact) mass is 679 g/mol. The van der Waals surface area contributed by atoms with E-state index in [-0.39, 0.29) is 26.1 Å². The van der Waals surface area contributed by atoms with E-state index in [1.54, 1.807) is 20.8 Å². The summed E-state index contributed by atoms with van der Waals surface area (Å²) in [6.07, 6.45) is 10.6. The van der Waals surface area contributed by atoms with E-state index in [0.29, 0.717) is 17.9 Å². The summed E-state index contributed by atoms with van der Waals surface area (Å²) in [5.41, 5.74) is 1.59. The normalized spacial score (nSPS) is 18.3. The van der Waals surface area contributed by atoms with Gasteiger partial charge in [-0.25, -0.2) is 10.3 Å². The number of hydroxylamine groups is 3. The van der Waals surface area contributed by atoms with Crippen LogP contribution < -0.4 is 10.6 Å². The smallest absolute Gasteiger partial charge is 0.418 e. The molecule has 2 fully saturated rings. The SMILES string of the molecule is CC(C)(C)N(CCCONC(=O)[C@@H]1CC[C@@H]2CN1C(=O)N2OS(=O)(=O)O)C(=O)[O-].CCCC[N+](CCCC)(CCCC)CCCC. The van der Waals surface area contributed by atoms with Crippen LogP contribution in [0, 0.1) is 0 Å². The van der Waals surface area contributed by atoms with Gasteiger partial charge in [0.15, 0.2) is 0 Å². The summed E-state index contributed by atoms with van der Waals surface area (Å²) < 4.78 is 36.2. The summed E-state index contributed by atoms with van der Waals surface area (Å²) in [5.74, 6) is -0.599. The van der Waals surface area contributed by atoms with Crippen molar-refractivity contribution in [3.8, 4) is 0 Å². The van der Waals surface area contributed by atoms with Crippen LogP contribution in [0.15, 0.2) is 0 Å². The van der Waals surface area contributed by atoms with Gasteiger partial charge < -0.3 is 24.2 Å². The van der Waals surface area contributed by atoms with E-state index in [9.17, 15) is 27.9 Å². The molecule has 2 aliphatic heterocycles. The summed E-state index contributed by atoms with van der Waals surface area (Å²) in [6.45, 7) is 20.5. The predicted molar refractivity (Wildman–Crippen MR) is 173 cm³/mol. The van der Waals surface area contributed by atoms with Gasteiger partial charge in [-0.05, 0) is 65.7 Å². The van der Waals surface area contributed by atoms with Crippen LogP contribution >= 0.6 is 0 Å². The first-order valence-electron chi connectivity index (χ1n) is 17.1. The second-order valence-corrected chi connectivity index (χ2v) is 14.4. The zero-order valence-electron chi connectivity index (χ0n) is 29.3. The molecule has 46 heavy (non-hydrogen) atoms. The predicted octanol–water partition coefficient (Wildman–Crippen LogP) is 3.87. The molecule has 4 amide bonds. The third-order valence-corrected chi connectivity index (χ3v) is 8.92. The molecule has 2 saturated heterocycles. The van der Waals surface area contributed by atoms with Crippen LogP contribution in [0.25, 0.3) is 0 Å². The van der Waals surface area contributed by atoms with Crippen LogP contribution in [-0.2, 0) is 24.3 Å². The Hall–Kier alpha value is -2.20. The Morgan fingerprint density at radius 2 is 1.46 bits per heavy atom. The van der Waals surface area contributed by atoms with Crippen molar-refractivity contribution in [2.24, 2.45) is 0 Å². The van der Waals surface area contributed by atoms with Crippen molar-refractivity contribution in [1.29, 1.82) is 0 Å². The van der Waals surface area contributed by atoms with Crippen LogP contribution in [0.2, 0.25) is 0 Å². The molecule has 2 heterocycles. The lowest BCUT2D eigenvalue weighted by Crippen LogP contribution is -2.52. The van der Waals surface area contributed by atoms with E-state index < -0.39 is 46.1 Å². The van der Waals surface area contributed by atoms with Gasteiger partial charge in [-0.2, -0.15) is 13.5 Å². The summed E-state index contributed by atoms with van der Waals surface area (Å²) in [7, 11) is -4.86. The molecule has 0 aromatic heterocycles. The maximum atomic E-state index is 12.3. The number of fused-ring (bicyclic) bond motifs is 2. The number of hydrogen-bond donors (Lipinski definition) is 2. The summed E-state index contributed by atoms with van der Waals surface area (Å²) in [5, 5.41) is 11.7. The van der Waals surface area contributed by atoms with Crippen molar-refractivity contribution >= 4 is 28.4 Å². The second-order valence-electron chi connectivity index (χ2n) is 13.4. The molecule has 0 aromatic carbocycles. The maximum Gasteiger partial charge on any atom is 0.418 e. The molecule has 0 aromatic rings. The van der Waals surface area contributed by atoms with Gasteiger partial charge in [-0.3, -0.25) is 14.2 Å². The Bertz CT molecular complexity index is 1000. The van der Waals surface area contributed by atoms with Gasteiger partial charge in [0.1, 0.15) is 12.1 Å². The summed E-state index contributed by atoms with van der Waals surface area (Å²) in [6, 6.07) is -2.33. The fourth-order valence-electron chi connectivity index (χ4n) is 5.93. The van der Waals surface area contributed by atoms with Crippen molar-refractivity contribution in [3.05, 3.63) is 0 Å². The first-order chi connectivity index (χ1) is 21.6. The lowest BCUT2D eigenvalue weighted by molar-refractivity contribution is -0.929. The first-order valence-corrected chi connectivity index (χ1v) is 18.4. The molecule has 15 heteroatoms. The molecule has 2 atom stereocenters. The zero-order valence-corrected chi connectivity index (χ0v) is 30.1. The number of urea groups is 1. The van der Waals surface area contributed by atoms with Gasteiger partial charge in [-0.1, -0.05) is 53.4 Å². The number of rotatable bonds is 20. The number of piperidine rings is 1. The van der Waals surface area contributed by atoms with E-state index >= 15 is 0 Å². The number of carbonyl (C=O) groups is 3. The zero-order chi connectivity index (χ0) is 35.0. The minimum absolute atomic E-state index is 0.0346. The molecule has 270 valence electrons. The number of quaternary nitrogens is 1. The first kappa shape index (κ1) is 41.8. The molecule has 2 rings (SSSR count). The van der Waals surface area contributed by atoms with Crippen LogP contribution in [0.1, 0.15) is 119 Å². The molecule has 0 radical (unpaired) electrons. The van der Waals surface area contributed by atoms with Gasteiger partial charge in [0, 0.05) is 18.6 Å². The second kappa shape index (κ2) is 20.2. The highest BCUT2D eigenvalue weighted by Gasteiger charge is 2.49. The number of nitrogens with zero attached hydrogens (tertiary/aromatic N) is 4. The largest absolute Gasteiger partial charge is 0.530 e. The molecular weight excluding hydrogens is 618 g/mol. The van der Waals surface area contributed by atoms with Crippen molar-refractivity contribution in [2.45, 2.75) is 137 Å². The molecule has 0 aliphatic carbocycles. The van der Waals surface area contributed by atoms with Gasteiger partial charge in [0.05, 0.1) is 38.8 Å². The summed E-state index contributed by atoms with van der Waals surface area (Å²) >= 11 is 0. The van der Waals surface area contributed by atoms with E-state index in [2.05, 4.69) is 37.5 Å². The van der Waals surface area contributed by atoms with E-state index in [1.165, 1.54) is 82.0 Å². The number of unbranched alkanes of at least 4 members (excludes halogenated alkanes) is 4. The van der Waals surface area contributed by atoms with Gasteiger partial charge in [-0.15, -0.1) is 4.28 Å². The van der Waals surface area contributed by atoms with Crippen LogP contribution in [0.5, 0.6) is 0 Å². The lowest BCUT2D eigenvalue weighted by Gasteiger charge is -2.39. The highest BCUT2D eigenvalue weighted by atomic mass is 32.3. The third kappa shape index (κ3) is 14.3. The van der Waals surface area contributed by atoms with Crippen molar-refractivity contribution in [3.63, 3.8) is 0 Å². The van der Waals surface area contributed by atoms with Crippen molar-refractivity contribution < 1.29 is 46.1 Å². The fraction of sp³-hybridized carbons (Fsp3) is 0.903. The van der Waals surface area contributed by atoms with Gasteiger partial charge >= 0.3 is 16.4 Å². The number of hydrogen-bond acceptors (Lipinski definition) is 8. The number of amides is 4. The van der Waals surface area contributed by atoms with Crippen molar-refractivity contribution in [1.82, 2.24) is 20.3 Å².